The van der Waals surface area contributed by atoms with Gasteiger partial charge < -0.3 is 10.3 Å². The van der Waals surface area contributed by atoms with Gasteiger partial charge in [0.15, 0.2) is 5.82 Å². The van der Waals surface area contributed by atoms with Crippen molar-refractivity contribution in [3.63, 3.8) is 0 Å². The molecule has 1 heterocycles. The molecule has 1 fully saturated rings. The van der Waals surface area contributed by atoms with Gasteiger partial charge in [-0.1, -0.05) is 46.2 Å². The highest BCUT2D eigenvalue weighted by Crippen LogP contribution is 2.37. The van der Waals surface area contributed by atoms with E-state index < -0.39 is 0 Å². The lowest BCUT2D eigenvalue weighted by Gasteiger charge is -2.34. The van der Waals surface area contributed by atoms with E-state index in [2.05, 4.69) is 44.8 Å². The summed E-state index contributed by atoms with van der Waals surface area (Å²) in [5.41, 5.74) is 6.41. The average Bonchev–Trinajstić information content (AvgIpc) is 2.88. The van der Waals surface area contributed by atoms with Crippen LogP contribution < -0.4 is 5.73 Å². The molecule has 0 amide bonds. The summed E-state index contributed by atoms with van der Waals surface area (Å²) in [6.07, 6.45) is 6.37. The fraction of sp³-hybridized carbons (Fsp3) is 0.882. The molecule has 120 valence electrons. The Kier molecular flexibility index (Phi) is 4.76. The molecule has 4 heteroatoms. The number of nitrogens with zero attached hydrogens (tertiary/aromatic N) is 2. The number of nitrogens with two attached hydrogens (primary N) is 1. The monoisotopic (exact) mass is 293 g/mol. The lowest BCUT2D eigenvalue weighted by Crippen LogP contribution is -2.41. The Hall–Kier alpha value is -0.900. The van der Waals surface area contributed by atoms with E-state index in [1.165, 1.54) is 19.3 Å². The van der Waals surface area contributed by atoms with Crippen molar-refractivity contribution >= 4 is 0 Å². The molecule has 1 saturated carbocycles. The zero-order valence-corrected chi connectivity index (χ0v) is 14.3. The van der Waals surface area contributed by atoms with Crippen LogP contribution in [0, 0.1) is 17.3 Å². The Morgan fingerprint density at radius 3 is 2.48 bits per heavy atom. The van der Waals surface area contributed by atoms with Crippen molar-refractivity contribution in [3.8, 4) is 0 Å². The maximum absolute atomic E-state index is 6.54. The summed E-state index contributed by atoms with van der Waals surface area (Å²) in [4.78, 5) is 4.61. The Balaban J connectivity index is 2.03. The summed E-state index contributed by atoms with van der Waals surface area (Å²) in [6, 6.07) is 0. The number of aromatic nitrogens is 2. The molecular weight excluding hydrogens is 262 g/mol. The normalized spacial score (nSPS) is 28.6. The minimum Gasteiger partial charge on any atom is -0.339 e. The zero-order chi connectivity index (χ0) is 15.7. The van der Waals surface area contributed by atoms with Gasteiger partial charge >= 0.3 is 0 Å². The molecule has 2 N–H and O–H groups in total. The fourth-order valence-corrected chi connectivity index (χ4v) is 2.93. The molecule has 0 radical (unpaired) electrons. The van der Waals surface area contributed by atoms with E-state index in [9.17, 15) is 0 Å². The Bertz CT molecular complexity index is 453. The van der Waals surface area contributed by atoms with Crippen LogP contribution in [-0.2, 0) is 12.0 Å². The van der Waals surface area contributed by atoms with Crippen molar-refractivity contribution < 1.29 is 4.52 Å². The third-order valence-corrected chi connectivity index (χ3v) is 5.45. The first-order valence-corrected chi connectivity index (χ1v) is 8.36. The lowest BCUT2D eigenvalue weighted by molar-refractivity contribution is 0.214. The third-order valence-electron chi connectivity index (χ3n) is 5.45. The molecule has 21 heavy (non-hydrogen) atoms. The van der Waals surface area contributed by atoms with Crippen molar-refractivity contribution in [1.82, 2.24) is 10.1 Å². The average molecular weight is 293 g/mol. The summed E-state index contributed by atoms with van der Waals surface area (Å²) >= 11 is 0. The molecule has 1 aromatic heterocycles. The molecule has 0 saturated heterocycles. The van der Waals surface area contributed by atoms with Crippen molar-refractivity contribution in [2.75, 3.05) is 0 Å². The van der Waals surface area contributed by atoms with Gasteiger partial charge in [-0.25, -0.2) is 0 Å². The van der Waals surface area contributed by atoms with Crippen LogP contribution in [-0.4, -0.2) is 10.1 Å². The zero-order valence-electron chi connectivity index (χ0n) is 14.3. The van der Waals surface area contributed by atoms with E-state index in [-0.39, 0.29) is 11.0 Å². The van der Waals surface area contributed by atoms with Crippen molar-refractivity contribution in [1.29, 1.82) is 0 Å². The predicted octanol–water partition coefficient (Wildman–Crippen LogP) is 4.05. The molecule has 4 nitrogen and oxygen atoms in total. The van der Waals surface area contributed by atoms with Gasteiger partial charge in [0.1, 0.15) is 0 Å². The molecule has 0 spiro atoms. The number of hydrogen-bond donors (Lipinski definition) is 1. The smallest absolute Gasteiger partial charge is 0.227 e. The molecule has 1 aliphatic carbocycles. The minimum atomic E-state index is -0.377. The van der Waals surface area contributed by atoms with E-state index in [0.717, 1.165) is 31.1 Å². The molecule has 1 unspecified atom stereocenters. The van der Waals surface area contributed by atoms with E-state index in [1.807, 2.05) is 0 Å². The van der Waals surface area contributed by atoms with Gasteiger partial charge in [0.05, 0.1) is 5.54 Å². The summed E-state index contributed by atoms with van der Waals surface area (Å²) in [6.45, 7) is 11.2. The van der Waals surface area contributed by atoms with E-state index >= 15 is 0 Å². The second kappa shape index (κ2) is 6.07. The van der Waals surface area contributed by atoms with Gasteiger partial charge in [-0.3, -0.25) is 0 Å². The van der Waals surface area contributed by atoms with Gasteiger partial charge in [-0.15, -0.1) is 0 Å². The minimum absolute atomic E-state index is 0.244. The first-order valence-electron chi connectivity index (χ1n) is 8.36. The molecular formula is C17H31N3O. The second-order valence-corrected chi connectivity index (χ2v) is 7.99. The van der Waals surface area contributed by atoms with Crippen LogP contribution in [0.4, 0.5) is 0 Å². The number of rotatable bonds is 4. The molecule has 1 atom stereocenters. The van der Waals surface area contributed by atoms with Gasteiger partial charge in [0.2, 0.25) is 5.89 Å². The SMILES string of the molecule is CCC1CCC(N)(c2noc(CC(C)C(C)(C)C)n2)CC1. The predicted molar refractivity (Wildman–Crippen MR) is 84.7 cm³/mol. The van der Waals surface area contributed by atoms with Crippen LogP contribution in [0.15, 0.2) is 4.52 Å². The van der Waals surface area contributed by atoms with Gasteiger partial charge in [0.25, 0.3) is 0 Å². The maximum atomic E-state index is 6.54. The molecule has 0 aliphatic heterocycles. The van der Waals surface area contributed by atoms with Gasteiger partial charge in [-0.05, 0) is 42.9 Å². The highest BCUT2D eigenvalue weighted by atomic mass is 16.5. The molecule has 1 aliphatic rings. The van der Waals surface area contributed by atoms with Gasteiger partial charge in [-0.2, -0.15) is 4.98 Å². The summed E-state index contributed by atoms with van der Waals surface area (Å²) in [7, 11) is 0. The summed E-state index contributed by atoms with van der Waals surface area (Å²) in [5.74, 6) is 2.76. The van der Waals surface area contributed by atoms with Crippen LogP contribution in [0.3, 0.4) is 0 Å². The Morgan fingerprint density at radius 2 is 1.95 bits per heavy atom. The summed E-state index contributed by atoms with van der Waals surface area (Å²) in [5, 5.41) is 4.19. The van der Waals surface area contributed by atoms with Crippen LogP contribution in [0.5, 0.6) is 0 Å². The molecule has 1 aromatic rings. The number of hydrogen-bond acceptors (Lipinski definition) is 4. The quantitative estimate of drug-likeness (QED) is 0.909. The van der Waals surface area contributed by atoms with Crippen LogP contribution in [0.2, 0.25) is 0 Å². The van der Waals surface area contributed by atoms with E-state index in [4.69, 9.17) is 10.3 Å². The van der Waals surface area contributed by atoms with Crippen LogP contribution >= 0.6 is 0 Å². The standard InChI is InChI=1S/C17H31N3O/c1-6-13-7-9-17(18,10-8-13)15-19-14(21-20-15)11-12(2)16(3,4)5/h12-13H,6-11,18H2,1-5H3. The highest BCUT2D eigenvalue weighted by molar-refractivity contribution is 5.06. The van der Waals surface area contributed by atoms with Crippen molar-refractivity contribution in [2.45, 2.75) is 78.7 Å². The van der Waals surface area contributed by atoms with Crippen LogP contribution in [0.1, 0.15) is 78.4 Å². The van der Waals surface area contributed by atoms with E-state index in [0.29, 0.717) is 11.7 Å². The van der Waals surface area contributed by atoms with Crippen LogP contribution in [0.25, 0.3) is 0 Å². The van der Waals surface area contributed by atoms with E-state index in [1.54, 1.807) is 0 Å². The fourth-order valence-electron chi connectivity index (χ4n) is 2.93. The van der Waals surface area contributed by atoms with Crippen molar-refractivity contribution in [2.24, 2.45) is 23.0 Å². The first-order chi connectivity index (χ1) is 9.74. The molecule has 0 aromatic carbocycles. The van der Waals surface area contributed by atoms with Gasteiger partial charge in [0, 0.05) is 6.42 Å². The molecule has 2 rings (SSSR count). The summed E-state index contributed by atoms with van der Waals surface area (Å²) < 4.78 is 5.46. The van der Waals surface area contributed by atoms with Crippen molar-refractivity contribution in [3.05, 3.63) is 11.7 Å². The maximum Gasteiger partial charge on any atom is 0.227 e. The highest BCUT2D eigenvalue weighted by Gasteiger charge is 2.37. The second-order valence-electron chi connectivity index (χ2n) is 7.99. The Labute approximate surface area is 128 Å². The molecule has 0 bridgehead atoms. The first kappa shape index (κ1) is 16.5. The Morgan fingerprint density at radius 1 is 1.33 bits per heavy atom. The lowest BCUT2D eigenvalue weighted by atomic mass is 9.76. The topological polar surface area (TPSA) is 64.9 Å². The largest absolute Gasteiger partial charge is 0.339 e. The third kappa shape index (κ3) is 3.85.